The van der Waals surface area contributed by atoms with Crippen LogP contribution in [0.2, 0.25) is 40.8 Å². The van der Waals surface area contributed by atoms with Crippen LogP contribution in [0.5, 0.6) is 0 Å². The van der Waals surface area contributed by atoms with Crippen molar-refractivity contribution in [2.75, 3.05) is 6.54 Å². The summed E-state index contributed by atoms with van der Waals surface area (Å²) in [6.07, 6.45) is 0. The van der Waals surface area contributed by atoms with Crippen LogP contribution in [0.25, 0.3) is 16.9 Å². The Morgan fingerprint density at radius 1 is 1.03 bits per heavy atom. The summed E-state index contributed by atoms with van der Waals surface area (Å²) < 4.78 is 1.70. The van der Waals surface area contributed by atoms with Crippen molar-refractivity contribution in [2.24, 2.45) is 0 Å². The maximum absolute atomic E-state index is 12.9. The summed E-state index contributed by atoms with van der Waals surface area (Å²) in [6, 6.07) is 13.6. The molecule has 0 aliphatic rings. The smallest absolute Gasteiger partial charge is 0.272 e. The predicted octanol–water partition coefficient (Wildman–Crippen LogP) is 6.88. The zero-order chi connectivity index (χ0) is 22.1. The van der Waals surface area contributed by atoms with Crippen molar-refractivity contribution >= 4 is 48.8 Å². The van der Waals surface area contributed by atoms with Gasteiger partial charge in [-0.1, -0.05) is 66.6 Å². The molecule has 0 saturated heterocycles. The van der Waals surface area contributed by atoms with E-state index >= 15 is 0 Å². The number of carbonyl (C=O) groups is 1. The SMILES string of the molecule is Cc1c(C(=O)NCC[Si](C)(C)C)nn(-c2ccc(Cl)cc2Cl)c1-c1ccc(Cl)cc1. The van der Waals surface area contributed by atoms with Crippen LogP contribution < -0.4 is 5.32 Å². The van der Waals surface area contributed by atoms with E-state index in [-0.39, 0.29) is 5.91 Å². The highest BCUT2D eigenvalue weighted by molar-refractivity contribution is 6.76. The molecule has 2 aromatic carbocycles. The summed E-state index contributed by atoms with van der Waals surface area (Å²) in [4.78, 5) is 12.9. The molecule has 0 radical (unpaired) electrons. The standard InChI is InChI=1S/C22H24Cl3N3OSi/c1-14-20(22(29)26-11-12-30(2,3)4)27-28(19-10-9-17(24)13-18(19)25)21(14)15-5-7-16(23)8-6-15/h5-10,13H,11-12H2,1-4H3,(H,26,29). The molecule has 0 atom stereocenters. The summed E-state index contributed by atoms with van der Waals surface area (Å²) in [6.45, 7) is 9.37. The summed E-state index contributed by atoms with van der Waals surface area (Å²) in [5, 5.41) is 9.27. The minimum absolute atomic E-state index is 0.190. The molecular weight excluding hydrogens is 457 g/mol. The van der Waals surface area contributed by atoms with Crippen molar-refractivity contribution in [1.29, 1.82) is 0 Å². The van der Waals surface area contributed by atoms with E-state index in [1.165, 1.54) is 0 Å². The fourth-order valence-corrected chi connectivity index (χ4v) is 4.61. The Labute approximate surface area is 193 Å². The van der Waals surface area contributed by atoms with Gasteiger partial charge >= 0.3 is 0 Å². The Bertz CT molecular complexity index is 1070. The molecule has 0 unspecified atom stereocenters. The lowest BCUT2D eigenvalue weighted by molar-refractivity contribution is 0.0949. The molecule has 3 aromatic rings. The van der Waals surface area contributed by atoms with E-state index in [0.717, 1.165) is 22.9 Å². The highest BCUT2D eigenvalue weighted by Gasteiger charge is 2.23. The minimum atomic E-state index is -1.25. The monoisotopic (exact) mass is 479 g/mol. The van der Waals surface area contributed by atoms with Crippen LogP contribution in [0.1, 0.15) is 16.1 Å². The first-order valence-electron chi connectivity index (χ1n) is 9.66. The van der Waals surface area contributed by atoms with E-state index < -0.39 is 8.07 Å². The van der Waals surface area contributed by atoms with Crippen molar-refractivity contribution < 1.29 is 4.79 Å². The molecule has 3 rings (SSSR count). The van der Waals surface area contributed by atoms with Gasteiger partial charge in [0.1, 0.15) is 0 Å². The average Bonchev–Trinajstić information content (AvgIpc) is 2.98. The van der Waals surface area contributed by atoms with E-state index in [1.54, 1.807) is 22.9 Å². The summed E-state index contributed by atoms with van der Waals surface area (Å²) in [7, 11) is -1.25. The molecule has 158 valence electrons. The van der Waals surface area contributed by atoms with Crippen molar-refractivity contribution in [3.63, 3.8) is 0 Å². The summed E-state index contributed by atoms with van der Waals surface area (Å²) in [5.74, 6) is -0.190. The number of amides is 1. The van der Waals surface area contributed by atoms with Crippen molar-refractivity contribution in [3.8, 4) is 16.9 Å². The Balaban J connectivity index is 2.07. The number of benzene rings is 2. The maximum atomic E-state index is 12.9. The predicted molar refractivity (Wildman–Crippen MR) is 129 cm³/mol. The molecule has 30 heavy (non-hydrogen) atoms. The number of carbonyl (C=O) groups excluding carboxylic acids is 1. The van der Waals surface area contributed by atoms with Crippen LogP contribution in [-0.2, 0) is 0 Å². The lowest BCUT2D eigenvalue weighted by Crippen LogP contribution is -2.31. The third-order valence-electron chi connectivity index (χ3n) is 4.75. The zero-order valence-electron chi connectivity index (χ0n) is 17.4. The number of halogens is 3. The normalized spacial score (nSPS) is 11.6. The van der Waals surface area contributed by atoms with Crippen molar-refractivity contribution in [2.45, 2.75) is 32.6 Å². The van der Waals surface area contributed by atoms with E-state index in [1.807, 2.05) is 31.2 Å². The van der Waals surface area contributed by atoms with Gasteiger partial charge in [-0.05, 0) is 43.3 Å². The third-order valence-corrected chi connectivity index (χ3v) is 7.29. The highest BCUT2D eigenvalue weighted by atomic mass is 35.5. The van der Waals surface area contributed by atoms with E-state index in [2.05, 4.69) is 30.1 Å². The molecule has 0 aliphatic heterocycles. The molecule has 0 fully saturated rings. The summed E-state index contributed by atoms with van der Waals surface area (Å²) in [5.41, 5.74) is 3.47. The van der Waals surface area contributed by atoms with Gasteiger partial charge in [0.15, 0.2) is 5.69 Å². The summed E-state index contributed by atoms with van der Waals surface area (Å²) >= 11 is 18.6. The van der Waals surface area contributed by atoms with Gasteiger partial charge in [-0.3, -0.25) is 4.79 Å². The number of aromatic nitrogens is 2. The van der Waals surface area contributed by atoms with Crippen molar-refractivity contribution in [1.82, 2.24) is 15.1 Å². The van der Waals surface area contributed by atoms with Gasteiger partial charge in [-0.15, -0.1) is 0 Å². The van der Waals surface area contributed by atoms with E-state index in [9.17, 15) is 4.79 Å². The van der Waals surface area contributed by atoms with E-state index in [0.29, 0.717) is 33.0 Å². The number of rotatable bonds is 6. The Hall–Kier alpha value is -1.79. The topological polar surface area (TPSA) is 46.9 Å². The van der Waals surface area contributed by atoms with Gasteiger partial charge in [-0.25, -0.2) is 4.68 Å². The molecule has 8 heteroatoms. The number of nitrogens with zero attached hydrogens (tertiary/aromatic N) is 2. The zero-order valence-corrected chi connectivity index (χ0v) is 20.7. The van der Waals surface area contributed by atoms with Crippen LogP contribution in [0.3, 0.4) is 0 Å². The van der Waals surface area contributed by atoms with Gasteiger partial charge in [0.05, 0.1) is 16.4 Å². The van der Waals surface area contributed by atoms with E-state index in [4.69, 9.17) is 34.8 Å². The van der Waals surface area contributed by atoms with Crippen molar-refractivity contribution in [3.05, 3.63) is 68.8 Å². The lowest BCUT2D eigenvalue weighted by Gasteiger charge is -2.15. The third kappa shape index (κ3) is 5.27. The van der Waals surface area contributed by atoms with Gasteiger partial charge in [0.2, 0.25) is 0 Å². The fraction of sp³-hybridized carbons (Fsp3) is 0.273. The molecule has 0 spiro atoms. The Morgan fingerprint density at radius 3 is 2.27 bits per heavy atom. The molecule has 1 aromatic heterocycles. The van der Waals surface area contributed by atoms with Crippen LogP contribution in [0.15, 0.2) is 42.5 Å². The Morgan fingerprint density at radius 2 is 1.67 bits per heavy atom. The van der Waals surface area contributed by atoms with Crippen LogP contribution in [-0.4, -0.2) is 30.3 Å². The van der Waals surface area contributed by atoms with Crippen LogP contribution in [0.4, 0.5) is 0 Å². The largest absolute Gasteiger partial charge is 0.351 e. The number of hydrogen-bond acceptors (Lipinski definition) is 2. The second kappa shape index (κ2) is 9.14. The molecule has 0 aliphatic carbocycles. The van der Waals surface area contributed by atoms with Gasteiger partial charge < -0.3 is 5.32 Å². The molecule has 4 nitrogen and oxygen atoms in total. The maximum Gasteiger partial charge on any atom is 0.272 e. The molecule has 0 saturated carbocycles. The first-order valence-corrected chi connectivity index (χ1v) is 14.5. The van der Waals surface area contributed by atoms with Gasteiger partial charge in [0, 0.05) is 35.8 Å². The number of nitrogens with one attached hydrogen (secondary N) is 1. The van der Waals surface area contributed by atoms with Gasteiger partial charge in [-0.2, -0.15) is 5.10 Å². The second-order valence-electron chi connectivity index (χ2n) is 8.40. The molecule has 1 N–H and O–H groups in total. The quantitative estimate of drug-likeness (QED) is 0.391. The second-order valence-corrected chi connectivity index (χ2v) is 15.3. The molecule has 0 bridgehead atoms. The number of hydrogen-bond donors (Lipinski definition) is 1. The fourth-order valence-electron chi connectivity index (χ4n) is 3.12. The highest BCUT2D eigenvalue weighted by Crippen LogP contribution is 2.33. The van der Waals surface area contributed by atoms with Crippen LogP contribution >= 0.6 is 34.8 Å². The molecule has 1 heterocycles. The van der Waals surface area contributed by atoms with Gasteiger partial charge in [0.25, 0.3) is 5.91 Å². The molecular formula is C22H24Cl3N3OSi. The first-order chi connectivity index (χ1) is 14.1. The Kier molecular flexibility index (Phi) is 6.97. The average molecular weight is 481 g/mol. The molecule has 1 amide bonds. The lowest BCUT2D eigenvalue weighted by atomic mass is 10.1. The first kappa shape index (κ1) is 22.9. The minimum Gasteiger partial charge on any atom is -0.351 e. The van der Waals surface area contributed by atoms with Crippen LogP contribution in [0, 0.1) is 6.92 Å².